The van der Waals surface area contributed by atoms with Gasteiger partial charge in [0.15, 0.2) is 0 Å². The van der Waals surface area contributed by atoms with Crippen molar-refractivity contribution in [2.75, 3.05) is 0 Å². The van der Waals surface area contributed by atoms with E-state index < -0.39 is 4.92 Å². The lowest BCUT2D eigenvalue weighted by Gasteiger charge is -2.01. The molecular weight excluding hydrogens is 299 g/mol. The maximum absolute atomic E-state index is 10.8. The summed E-state index contributed by atoms with van der Waals surface area (Å²) in [7, 11) is 0. The van der Waals surface area contributed by atoms with E-state index in [0.29, 0.717) is 4.47 Å². The van der Waals surface area contributed by atoms with Gasteiger partial charge in [-0.1, -0.05) is 11.6 Å². The zero-order chi connectivity index (χ0) is 11.7. The number of hydrogen-bond acceptors (Lipinski definition) is 4. The van der Waals surface area contributed by atoms with Gasteiger partial charge >= 0.3 is 5.69 Å². The Morgan fingerprint density at radius 3 is 2.81 bits per heavy atom. The number of nitro groups is 1. The van der Waals surface area contributed by atoms with Crippen molar-refractivity contribution in [1.82, 2.24) is 14.5 Å². The summed E-state index contributed by atoms with van der Waals surface area (Å²) in [5.41, 5.74) is -0.122. The second-order valence-electron chi connectivity index (χ2n) is 2.86. The zero-order valence-electron chi connectivity index (χ0n) is 7.67. The van der Waals surface area contributed by atoms with Crippen molar-refractivity contribution in [3.05, 3.63) is 44.5 Å². The fourth-order valence-corrected chi connectivity index (χ4v) is 1.64. The Balaban J connectivity index is 2.60. The Morgan fingerprint density at radius 1 is 1.50 bits per heavy atom. The molecule has 0 spiro atoms. The van der Waals surface area contributed by atoms with Crippen LogP contribution in [0.2, 0.25) is 5.15 Å². The summed E-state index contributed by atoms with van der Waals surface area (Å²) >= 11 is 8.76. The maximum atomic E-state index is 10.8. The van der Waals surface area contributed by atoms with Crippen LogP contribution in [0.25, 0.3) is 5.82 Å². The van der Waals surface area contributed by atoms with Crippen LogP contribution in [-0.2, 0) is 0 Å². The van der Waals surface area contributed by atoms with Crippen molar-refractivity contribution >= 4 is 33.2 Å². The molecule has 0 amide bonds. The van der Waals surface area contributed by atoms with Crippen LogP contribution in [0.3, 0.4) is 0 Å². The highest BCUT2D eigenvalue weighted by atomic mass is 79.9. The summed E-state index contributed by atoms with van der Waals surface area (Å²) in [6.07, 6.45) is 4.28. The minimum atomic E-state index is -0.513. The van der Waals surface area contributed by atoms with E-state index in [1.165, 1.54) is 29.4 Å². The third kappa shape index (κ3) is 2.05. The molecule has 16 heavy (non-hydrogen) atoms. The van der Waals surface area contributed by atoms with Crippen molar-refractivity contribution in [1.29, 1.82) is 0 Å². The molecule has 0 aromatic carbocycles. The van der Waals surface area contributed by atoms with Gasteiger partial charge in [0.25, 0.3) is 0 Å². The maximum Gasteiger partial charge on any atom is 0.313 e. The predicted octanol–water partition coefficient (Wildman–Crippen LogP) is 2.59. The first-order valence-electron chi connectivity index (χ1n) is 4.08. The van der Waals surface area contributed by atoms with Gasteiger partial charge in [0.2, 0.25) is 5.82 Å². The van der Waals surface area contributed by atoms with Gasteiger partial charge in [0.1, 0.15) is 11.5 Å². The van der Waals surface area contributed by atoms with Gasteiger partial charge in [0.05, 0.1) is 4.92 Å². The highest BCUT2D eigenvalue weighted by Crippen LogP contribution is 2.24. The largest absolute Gasteiger partial charge is 0.313 e. The Kier molecular flexibility index (Phi) is 2.88. The summed E-state index contributed by atoms with van der Waals surface area (Å²) < 4.78 is 1.93. The molecule has 0 saturated carbocycles. The molecule has 0 aliphatic carbocycles. The molecule has 8 heteroatoms. The molecule has 0 N–H and O–H groups in total. The Morgan fingerprint density at radius 2 is 2.25 bits per heavy atom. The number of nitrogens with zero attached hydrogens (tertiary/aromatic N) is 4. The molecule has 0 bridgehead atoms. The second-order valence-corrected chi connectivity index (χ2v) is 4.16. The molecule has 6 nitrogen and oxygen atoms in total. The standard InChI is InChI=1S/C8H4BrClN4O2/c9-5-1-6(14(15)16)8(11-2-5)13-3-7(10)12-4-13/h1-4H. The molecule has 82 valence electrons. The summed E-state index contributed by atoms with van der Waals surface area (Å²) in [6, 6.07) is 1.37. The quantitative estimate of drug-likeness (QED) is 0.631. The summed E-state index contributed by atoms with van der Waals surface area (Å²) in [6.45, 7) is 0. The zero-order valence-corrected chi connectivity index (χ0v) is 10.0. The number of halogens is 2. The molecule has 0 atom stereocenters. The van der Waals surface area contributed by atoms with Crippen LogP contribution in [0.1, 0.15) is 0 Å². The van der Waals surface area contributed by atoms with Gasteiger partial charge in [-0.25, -0.2) is 9.97 Å². The van der Waals surface area contributed by atoms with E-state index in [1.807, 2.05) is 0 Å². The second kappa shape index (κ2) is 4.18. The van der Waals surface area contributed by atoms with E-state index in [9.17, 15) is 10.1 Å². The van der Waals surface area contributed by atoms with Crippen molar-refractivity contribution in [2.24, 2.45) is 0 Å². The van der Waals surface area contributed by atoms with Crippen LogP contribution in [0, 0.1) is 10.1 Å². The lowest BCUT2D eigenvalue weighted by atomic mass is 10.4. The smallest absolute Gasteiger partial charge is 0.283 e. The Bertz CT molecular complexity index is 557. The van der Waals surface area contributed by atoms with E-state index in [0.717, 1.165) is 0 Å². The van der Waals surface area contributed by atoms with Crippen LogP contribution in [0.5, 0.6) is 0 Å². The molecule has 0 aliphatic rings. The summed E-state index contributed by atoms with van der Waals surface area (Å²) in [5, 5.41) is 11.1. The summed E-state index contributed by atoms with van der Waals surface area (Å²) in [4.78, 5) is 18.0. The number of pyridine rings is 1. The van der Waals surface area contributed by atoms with Crippen molar-refractivity contribution < 1.29 is 4.92 Å². The van der Waals surface area contributed by atoms with Crippen LogP contribution in [0.15, 0.2) is 29.3 Å². The molecule has 2 aromatic heterocycles. The molecule has 2 rings (SSSR count). The van der Waals surface area contributed by atoms with Gasteiger partial charge in [0, 0.05) is 22.9 Å². The lowest BCUT2D eigenvalue weighted by molar-refractivity contribution is -0.384. The minimum Gasteiger partial charge on any atom is -0.283 e. The van der Waals surface area contributed by atoms with E-state index >= 15 is 0 Å². The van der Waals surface area contributed by atoms with Crippen LogP contribution >= 0.6 is 27.5 Å². The van der Waals surface area contributed by atoms with Crippen LogP contribution in [0.4, 0.5) is 5.69 Å². The number of hydrogen-bond donors (Lipinski definition) is 0. The fraction of sp³-hybridized carbons (Fsp3) is 0. The first-order valence-corrected chi connectivity index (χ1v) is 5.25. The molecular formula is C8H4BrClN4O2. The first kappa shape index (κ1) is 11.0. The third-order valence-corrected chi connectivity index (χ3v) is 2.44. The minimum absolute atomic E-state index is 0.122. The third-order valence-electron chi connectivity index (χ3n) is 1.81. The van der Waals surface area contributed by atoms with Gasteiger partial charge in [-0.2, -0.15) is 0 Å². The van der Waals surface area contributed by atoms with Crippen molar-refractivity contribution in [2.45, 2.75) is 0 Å². The Labute approximate surface area is 103 Å². The monoisotopic (exact) mass is 302 g/mol. The molecule has 0 saturated heterocycles. The average molecular weight is 304 g/mol. The fourth-order valence-electron chi connectivity index (χ4n) is 1.17. The van der Waals surface area contributed by atoms with Crippen LogP contribution in [-0.4, -0.2) is 19.5 Å². The molecule has 0 radical (unpaired) electrons. The lowest BCUT2D eigenvalue weighted by Crippen LogP contribution is -2.00. The molecule has 2 heterocycles. The van der Waals surface area contributed by atoms with E-state index in [4.69, 9.17) is 11.6 Å². The van der Waals surface area contributed by atoms with Crippen molar-refractivity contribution in [3.63, 3.8) is 0 Å². The van der Waals surface area contributed by atoms with E-state index in [1.54, 1.807) is 0 Å². The SMILES string of the molecule is O=[N+]([O-])c1cc(Br)cnc1-n1cnc(Cl)c1. The molecule has 0 unspecified atom stereocenters. The summed E-state index contributed by atoms with van der Waals surface area (Å²) in [5.74, 6) is 0.174. The van der Waals surface area contributed by atoms with E-state index in [2.05, 4.69) is 25.9 Å². The average Bonchev–Trinajstić information content (AvgIpc) is 2.64. The van der Waals surface area contributed by atoms with Gasteiger partial charge in [-0.3, -0.25) is 14.7 Å². The van der Waals surface area contributed by atoms with E-state index in [-0.39, 0.29) is 16.7 Å². The number of aromatic nitrogens is 3. The number of imidazole rings is 1. The van der Waals surface area contributed by atoms with Gasteiger partial charge < -0.3 is 0 Å². The molecule has 0 fully saturated rings. The highest BCUT2D eigenvalue weighted by molar-refractivity contribution is 9.10. The van der Waals surface area contributed by atoms with Gasteiger partial charge in [-0.15, -0.1) is 0 Å². The first-order chi connectivity index (χ1) is 7.58. The Hall–Kier alpha value is -1.47. The molecule has 2 aromatic rings. The topological polar surface area (TPSA) is 73.8 Å². The molecule has 0 aliphatic heterocycles. The number of rotatable bonds is 2. The predicted molar refractivity (Wildman–Crippen MR) is 60.7 cm³/mol. The van der Waals surface area contributed by atoms with Gasteiger partial charge in [-0.05, 0) is 15.9 Å². The highest BCUT2D eigenvalue weighted by Gasteiger charge is 2.17. The van der Waals surface area contributed by atoms with Crippen LogP contribution < -0.4 is 0 Å². The normalized spacial score (nSPS) is 10.4. The van der Waals surface area contributed by atoms with Crippen molar-refractivity contribution in [3.8, 4) is 5.82 Å².